The monoisotopic (exact) mass is 173 g/mol. The molecule has 0 aliphatic carbocycles. The predicted molar refractivity (Wildman–Crippen MR) is 42.0 cm³/mol. The Labute approximate surface area is 70.0 Å². The summed E-state index contributed by atoms with van der Waals surface area (Å²) in [5, 5.41) is 11.4. The van der Waals surface area contributed by atoms with E-state index in [1.165, 1.54) is 0 Å². The van der Waals surface area contributed by atoms with Gasteiger partial charge in [0, 0.05) is 0 Å². The molecule has 6 heteroatoms. The molecule has 1 amide bonds. The molecule has 0 aromatic carbocycles. The quantitative estimate of drug-likeness (QED) is 0.472. The molecule has 6 nitrogen and oxygen atoms in total. The van der Waals surface area contributed by atoms with Crippen molar-refractivity contribution in [2.45, 2.75) is 6.92 Å². The molecule has 12 heavy (non-hydrogen) atoms. The summed E-state index contributed by atoms with van der Waals surface area (Å²) in [5.74, 6) is 0. The Bertz CT molecular complexity index is 206. The molecular formula is C6H11N3O3. The summed E-state index contributed by atoms with van der Waals surface area (Å²) < 4.78 is 3.62. The number of aliphatic imine (C=N–C) groups is 1. The van der Waals surface area contributed by atoms with Gasteiger partial charge in [0.2, 0.25) is 6.34 Å². The van der Waals surface area contributed by atoms with Gasteiger partial charge >= 0.3 is 6.09 Å². The first kappa shape index (κ1) is 8.95. The Kier molecular flexibility index (Phi) is 2.61. The highest BCUT2D eigenvalue weighted by atomic mass is 16.6. The molecule has 0 fully saturated rings. The van der Waals surface area contributed by atoms with E-state index in [1.54, 1.807) is 6.92 Å². The number of rotatable bonds is 2. The zero-order valence-corrected chi connectivity index (χ0v) is 6.82. The lowest BCUT2D eigenvalue weighted by molar-refractivity contribution is -0.814. The van der Waals surface area contributed by atoms with Crippen LogP contribution >= 0.6 is 0 Å². The van der Waals surface area contributed by atoms with Gasteiger partial charge in [0.1, 0.15) is 6.54 Å². The number of hydrogen-bond acceptors (Lipinski definition) is 4. The summed E-state index contributed by atoms with van der Waals surface area (Å²) in [6, 6.07) is 0. The van der Waals surface area contributed by atoms with Crippen molar-refractivity contribution in [2.75, 3.05) is 19.7 Å². The van der Waals surface area contributed by atoms with E-state index in [0.717, 1.165) is 6.34 Å². The van der Waals surface area contributed by atoms with Gasteiger partial charge in [0.25, 0.3) is 0 Å². The highest BCUT2D eigenvalue weighted by molar-refractivity contribution is 5.67. The third kappa shape index (κ3) is 2.18. The zero-order valence-electron chi connectivity index (χ0n) is 6.82. The van der Waals surface area contributed by atoms with Crippen LogP contribution in [-0.4, -0.2) is 36.9 Å². The van der Waals surface area contributed by atoms with Gasteiger partial charge in [-0.1, -0.05) is 0 Å². The number of amides is 1. The van der Waals surface area contributed by atoms with Crippen molar-refractivity contribution in [3.05, 3.63) is 5.21 Å². The van der Waals surface area contributed by atoms with E-state index >= 15 is 0 Å². The fourth-order valence-corrected chi connectivity index (χ4v) is 0.856. The second-order valence-electron chi connectivity index (χ2n) is 2.37. The number of carbonyl (C=O) groups excluding carboxylic acids is 1. The Balaban J connectivity index is 2.39. The molecule has 1 heterocycles. The third-order valence-electron chi connectivity index (χ3n) is 1.39. The number of hydroxylamine groups is 2. The lowest BCUT2D eigenvalue weighted by Crippen LogP contribution is -2.54. The summed E-state index contributed by atoms with van der Waals surface area (Å²) in [5.41, 5.74) is 2.13. The number of hydrogen-bond donors (Lipinski definition) is 1. The van der Waals surface area contributed by atoms with Crippen LogP contribution in [0.15, 0.2) is 4.99 Å². The largest absolute Gasteiger partial charge is 0.600 e. The van der Waals surface area contributed by atoms with Crippen molar-refractivity contribution < 1.29 is 14.3 Å². The summed E-state index contributed by atoms with van der Waals surface area (Å²) in [6.45, 7) is 2.60. The minimum Gasteiger partial charge on any atom is -0.600 e. The Morgan fingerprint density at radius 1 is 1.92 bits per heavy atom. The standard InChI is InChI=1S/C6H11N3O3/c1-2-12-6(10)8-9(11)4-3-7-5-9/h5H,2-4H2,1H3,(H,8,10). The fraction of sp³-hybridized carbons (Fsp3) is 0.667. The molecule has 1 rings (SSSR count). The summed E-state index contributed by atoms with van der Waals surface area (Å²) in [6.07, 6.45) is 0.442. The molecule has 0 aromatic rings. The van der Waals surface area contributed by atoms with Crippen molar-refractivity contribution in [2.24, 2.45) is 4.99 Å². The van der Waals surface area contributed by atoms with E-state index in [-0.39, 0.29) is 13.2 Å². The number of nitrogens with zero attached hydrogens (tertiary/aromatic N) is 2. The number of nitrogens with one attached hydrogen (secondary N) is 1. The van der Waals surface area contributed by atoms with Crippen molar-refractivity contribution in [1.29, 1.82) is 0 Å². The van der Waals surface area contributed by atoms with Gasteiger partial charge in [-0.2, -0.15) is 5.43 Å². The average Bonchev–Trinajstić information content (AvgIpc) is 2.36. The maximum atomic E-state index is 11.4. The van der Waals surface area contributed by atoms with E-state index in [2.05, 4.69) is 15.2 Å². The van der Waals surface area contributed by atoms with Gasteiger partial charge in [0.05, 0.1) is 13.2 Å². The van der Waals surface area contributed by atoms with Gasteiger partial charge in [-0.05, 0) is 6.92 Å². The van der Waals surface area contributed by atoms with E-state index in [4.69, 9.17) is 0 Å². The number of quaternary nitrogens is 1. The van der Waals surface area contributed by atoms with E-state index in [1.807, 2.05) is 0 Å². The van der Waals surface area contributed by atoms with Crippen molar-refractivity contribution in [3.8, 4) is 0 Å². The minimum atomic E-state index is -0.918. The Morgan fingerprint density at radius 2 is 2.67 bits per heavy atom. The van der Waals surface area contributed by atoms with Crippen molar-refractivity contribution in [3.63, 3.8) is 0 Å². The van der Waals surface area contributed by atoms with Crippen LogP contribution < -0.4 is 5.43 Å². The highest BCUT2D eigenvalue weighted by Crippen LogP contribution is 2.01. The second kappa shape index (κ2) is 3.51. The lowest BCUT2D eigenvalue weighted by atomic mass is 10.7. The molecule has 0 aromatic heterocycles. The molecule has 1 aliphatic heterocycles. The zero-order chi connectivity index (χ0) is 9.03. The van der Waals surface area contributed by atoms with Crippen LogP contribution in [0.5, 0.6) is 0 Å². The van der Waals surface area contributed by atoms with Crippen molar-refractivity contribution >= 4 is 12.4 Å². The van der Waals surface area contributed by atoms with Crippen LogP contribution in [-0.2, 0) is 4.74 Å². The molecule has 68 valence electrons. The Hall–Kier alpha value is -1.14. The molecule has 1 unspecified atom stereocenters. The molecule has 1 N–H and O–H groups in total. The van der Waals surface area contributed by atoms with Crippen LogP contribution in [0, 0.1) is 5.21 Å². The molecule has 0 radical (unpaired) electrons. The van der Waals surface area contributed by atoms with Crippen LogP contribution in [0.1, 0.15) is 6.92 Å². The van der Waals surface area contributed by atoms with Gasteiger partial charge in [0.15, 0.2) is 0 Å². The van der Waals surface area contributed by atoms with E-state index in [9.17, 15) is 10.0 Å². The maximum absolute atomic E-state index is 11.4. The van der Waals surface area contributed by atoms with Gasteiger partial charge < -0.3 is 9.94 Å². The molecule has 1 aliphatic rings. The minimum absolute atomic E-state index is 0.235. The van der Waals surface area contributed by atoms with Gasteiger partial charge in [-0.25, -0.2) is 14.5 Å². The average molecular weight is 173 g/mol. The first-order chi connectivity index (χ1) is 5.66. The smallest absolute Gasteiger partial charge is 0.452 e. The van der Waals surface area contributed by atoms with Crippen molar-refractivity contribution in [1.82, 2.24) is 5.43 Å². The fourth-order valence-electron chi connectivity index (χ4n) is 0.856. The first-order valence-corrected chi connectivity index (χ1v) is 3.71. The van der Waals surface area contributed by atoms with E-state index < -0.39 is 10.8 Å². The molecule has 0 bridgehead atoms. The maximum Gasteiger partial charge on any atom is 0.452 e. The normalized spacial score (nSPS) is 27.2. The second-order valence-corrected chi connectivity index (χ2v) is 2.37. The number of ether oxygens (including phenoxy) is 1. The molecule has 1 atom stereocenters. The van der Waals surface area contributed by atoms with E-state index in [0.29, 0.717) is 6.54 Å². The molecule has 0 saturated carbocycles. The van der Waals surface area contributed by atoms with Crippen LogP contribution in [0.25, 0.3) is 0 Å². The summed E-state index contributed by atoms with van der Waals surface area (Å²) in [7, 11) is 0. The Morgan fingerprint density at radius 3 is 3.17 bits per heavy atom. The van der Waals surface area contributed by atoms with Crippen LogP contribution in [0.4, 0.5) is 4.79 Å². The molecular weight excluding hydrogens is 162 g/mol. The molecule has 0 spiro atoms. The van der Waals surface area contributed by atoms with Gasteiger partial charge in [-0.15, -0.1) is 0 Å². The lowest BCUT2D eigenvalue weighted by Gasteiger charge is -2.31. The first-order valence-electron chi connectivity index (χ1n) is 3.71. The van der Waals surface area contributed by atoms with Gasteiger partial charge in [-0.3, -0.25) is 0 Å². The predicted octanol–water partition coefficient (Wildman–Crippen LogP) is 0.00400. The summed E-state index contributed by atoms with van der Waals surface area (Å²) >= 11 is 0. The molecule has 0 saturated heterocycles. The van der Waals surface area contributed by atoms with Crippen LogP contribution in [0.3, 0.4) is 0 Å². The topological polar surface area (TPSA) is 73.8 Å². The van der Waals surface area contributed by atoms with Crippen LogP contribution in [0.2, 0.25) is 0 Å². The highest BCUT2D eigenvalue weighted by Gasteiger charge is 2.22. The third-order valence-corrected chi connectivity index (χ3v) is 1.39. The summed E-state index contributed by atoms with van der Waals surface area (Å²) in [4.78, 5) is 14.5. The SMILES string of the molecule is CCOC(=O)N[N+]1([O-])C=NCC1. The number of carbonyl (C=O) groups is 1.